The zero-order chi connectivity index (χ0) is 14.5. The van der Waals surface area contributed by atoms with Crippen LogP contribution in [-0.2, 0) is 6.54 Å². The van der Waals surface area contributed by atoms with Crippen molar-refractivity contribution in [2.75, 3.05) is 12.3 Å². The highest BCUT2D eigenvalue weighted by Crippen LogP contribution is 2.19. The zero-order valence-electron chi connectivity index (χ0n) is 11.8. The van der Waals surface area contributed by atoms with Gasteiger partial charge in [-0.1, -0.05) is 12.1 Å². The van der Waals surface area contributed by atoms with Gasteiger partial charge >= 0.3 is 0 Å². The maximum atomic E-state index is 12.7. The summed E-state index contributed by atoms with van der Waals surface area (Å²) in [7, 11) is 0. The number of rotatable bonds is 4. The fraction of sp³-hybridized carbons (Fsp3) is 0.250. The lowest BCUT2D eigenvalue weighted by Crippen LogP contribution is -2.31. The number of nitrogen functional groups attached to an aromatic ring is 1. The van der Waals surface area contributed by atoms with Crippen molar-refractivity contribution in [3.05, 3.63) is 59.4 Å². The van der Waals surface area contributed by atoms with Crippen LogP contribution in [0.3, 0.4) is 0 Å². The van der Waals surface area contributed by atoms with E-state index in [1.807, 2.05) is 38.1 Å². The Hall–Kier alpha value is -2.36. The molecule has 0 spiro atoms. The Balaban J connectivity index is 2.26. The first-order valence-corrected chi connectivity index (χ1v) is 6.66. The van der Waals surface area contributed by atoms with Gasteiger partial charge < -0.3 is 10.6 Å². The largest absolute Gasteiger partial charge is 0.398 e. The lowest BCUT2D eigenvalue weighted by Gasteiger charge is -2.22. The summed E-state index contributed by atoms with van der Waals surface area (Å²) < 4.78 is 0. The molecule has 20 heavy (non-hydrogen) atoms. The minimum atomic E-state index is -0.0279. The van der Waals surface area contributed by atoms with Crippen LogP contribution in [0.15, 0.2) is 42.7 Å². The summed E-state index contributed by atoms with van der Waals surface area (Å²) >= 11 is 0. The predicted octanol–water partition coefficient (Wildman–Crippen LogP) is 2.63. The second kappa shape index (κ2) is 6.19. The number of carbonyl (C=O) groups excluding carboxylic acids is 1. The van der Waals surface area contributed by atoms with Gasteiger partial charge in [0.2, 0.25) is 0 Å². The number of aromatic nitrogens is 1. The molecular weight excluding hydrogens is 250 g/mol. The van der Waals surface area contributed by atoms with E-state index in [9.17, 15) is 4.79 Å². The highest BCUT2D eigenvalue weighted by molar-refractivity contribution is 6.00. The first-order chi connectivity index (χ1) is 9.63. The highest BCUT2D eigenvalue weighted by atomic mass is 16.2. The van der Waals surface area contributed by atoms with Gasteiger partial charge in [0, 0.05) is 31.2 Å². The van der Waals surface area contributed by atoms with Gasteiger partial charge in [-0.15, -0.1) is 0 Å². The van der Waals surface area contributed by atoms with Crippen LogP contribution in [0.2, 0.25) is 0 Å². The van der Waals surface area contributed by atoms with Crippen LogP contribution < -0.4 is 5.73 Å². The Morgan fingerprint density at radius 1 is 1.25 bits per heavy atom. The molecule has 2 aromatic rings. The molecule has 0 unspecified atom stereocenters. The van der Waals surface area contributed by atoms with Crippen molar-refractivity contribution in [3.63, 3.8) is 0 Å². The number of pyridine rings is 1. The normalized spacial score (nSPS) is 10.3. The van der Waals surface area contributed by atoms with Gasteiger partial charge in [-0.25, -0.2) is 0 Å². The van der Waals surface area contributed by atoms with Crippen molar-refractivity contribution in [3.8, 4) is 0 Å². The molecule has 4 nitrogen and oxygen atoms in total. The molecule has 0 saturated heterocycles. The molecule has 0 aliphatic rings. The molecule has 0 aliphatic heterocycles. The summed E-state index contributed by atoms with van der Waals surface area (Å²) in [6.07, 6.45) is 3.46. The fourth-order valence-electron chi connectivity index (χ4n) is 2.18. The van der Waals surface area contributed by atoms with Crippen molar-refractivity contribution in [2.24, 2.45) is 0 Å². The Labute approximate surface area is 119 Å². The van der Waals surface area contributed by atoms with Crippen molar-refractivity contribution in [1.82, 2.24) is 9.88 Å². The van der Waals surface area contributed by atoms with Gasteiger partial charge in [0.1, 0.15) is 0 Å². The molecule has 0 atom stereocenters. The van der Waals surface area contributed by atoms with Crippen LogP contribution in [0.1, 0.15) is 28.4 Å². The van der Waals surface area contributed by atoms with E-state index in [2.05, 4.69) is 4.98 Å². The minimum absolute atomic E-state index is 0.0279. The number of hydrogen-bond acceptors (Lipinski definition) is 3. The highest BCUT2D eigenvalue weighted by Gasteiger charge is 2.18. The first kappa shape index (κ1) is 14.1. The summed E-state index contributed by atoms with van der Waals surface area (Å²) in [6.45, 7) is 5.07. The van der Waals surface area contributed by atoms with Gasteiger partial charge in [0.25, 0.3) is 5.91 Å². The Kier molecular flexibility index (Phi) is 4.35. The number of aryl methyl sites for hydroxylation is 1. The van der Waals surface area contributed by atoms with Crippen LogP contribution in [0.25, 0.3) is 0 Å². The smallest absolute Gasteiger partial charge is 0.256 e. The number of carbonyl (C=O) groups is 1. The number of amides is 1. The third-order valence-corrected chi connectivity index (χ3v) is 3.31. The van der Waals surface area contributed by atoms with Crippen LogP contribution in [-0.4, -0.2) is 22.3 Å². The summed E-state index contributed by atoms with van der Waals surface area (Å²) in [6, 6.07) is 9.36. The SMILES string of the molecule is CCN(Cc1ccncc1)C(=O)c1c(C)cccc1N. The molecule has 0 saturated carbocycles. The maximum Gasteiger partial charge on any atom is 0.256 e. The van der Waals surface area contributed by atoms with Crippen LogP contribution in [0.5, 0.6) is 0 Å². The third kappa shape index (κ3) is 2.96. The van der Waals surface area contributed by atoms with Crippen molar-refractivity contribution in [1.29, 1.82) is 0 Å². The molecular formula is C16H19N3O. The Bertz CT molecular complexity index is 576. The molecule has 2 rings (SSSR count). The quantitative estimate of drug-likeness (QED) is 0.868. The molecule has 104 valence electrons. The minimum Gasteiger partial charge on any atom is -0.398 e. The topological polar surface area (TPSA) is 59.2 Å². The molecule has 0 aliphatic carbocycles. The van der Waals surface area contributed by atoms with Gasteiger partial charge in [0.05, 0.1) is 5.56 Å². The molecule has 0 fully saturated rings. The van der Waals surface area contributed by atoms with E-state index in [4.69, 9.17) is 5.73 Å². The van der Waals surface area contributed by atoms with Crippen molar-refractivity contribution in [2.45, 2.75) is 20.4 Å². The second-order valence-electron chi connectivity index (χ2n) is 4.71. The summed E-state index contributed by atoms with van der Waals surface area (Å²) in [5.41, 5.74) is 9.05. The number of nitrogens with zero attached hydrogens (tertiary/aromatic N) is 2. The number of anilines is 1. The molecule has 1 aromatic heterocycles. The Morgan fingerprint density at radius 3 is 2.55 bits per heavy atom. The average Bonchev–Trinajstić information content (AvgIpc) is 2.45. The molecule has 1 aromatic carbocycles. The monoisotopic (exact) mass is 269 g/mol. The van der Waals surface area contributed by atoms with Crippen LogP contribution >= 0.6 is 0 Å². The molecule has 2 N–H and O–H groups in total. The van der Waals surface area contributed by atoms with Crippen molar-refractivity contribution >= 4 is 11.6 Å². The van der Waals surface area contributed by atoms with E-state index in [0.29, 0.717) is 24.3 Å². The van der Waals surface area contributed by atoms with E-state index in [1.165, 1.54) is 0 Å². The van der Waals surface area contributed by atoms with Crippen molar-refractivity contribution < 1.29 is 4.79 Å². The predicted molar refractivity (Wildman–Crippen MR) is 80.2 cm³/mol. The van der Waals surface area contributed by atoms with E-state index < -0.39 is 0 Å². The Morgan fingerprint density at radius 2 is 1.95 bits per heavy atom. The molecule has 0 radical (unpaired) electrons. The molecule has 1 heterocycles. The van der Waals surface area contributed by atoms with Crippen LogP contribution in [0.4, 0.5) is 5.69 Å². The van der Waals surface area contributed by atoms with E-state index in [0.717, 1.165) is 11.1 Å². The number of hydrogen-bond donors (Lipinski definition) is 1. The molecule has 1 amide bonds. The van der Waals surface area contributed by atoms with E-state index >= 15 is 0 Å². The average molecular weight is 269 g/mol. The number of benzene rings is 1. The lowest BCUT2D eigenvalue weighted by atomic mass is 10.0. The first-order valence-electron chi connectivity index (χ1n) is 6.66. The standard InChI is InChI=1S/C16H19N3O/c1-3-19(11-13-7-9-18-10-8-13)16(20)15-12(2)5-4-6-14(15)17/h4-10H,3,11,17H2,1-2H3. The molecule has 0 bridgehead atoms. The van der Waals surface area contributed by atoms with E-state index in [1.54, 1.807) is 23.4 Å². The number of nitrogens with two attached hydrogens (primary N) is 1. The van der Waals surface area contributed by atoms with Crippen LogP contribution in [0, 0.1) is 6.92 Å². The summed E-state index contributed by atoms with van der Waals surface area (Å²) in [5.74, 6) is -0.0279. The molecule has 4 heteroatoms. The fourth-order valence-corrected chi connectivity index (χ4v) is 2.18. The van der Waals surface area contributed by atoms with E-state index in [-0.39, 0.29) is 5.91 Å². The van der Waals surface area contributed by atoms with Gasteiger partial charge in [-0.2, -0.15) is 0 Å². The second-order valence-corrected chi connectivity index (χ2v) is 4.71. The summed E-state index contributed by atoms with van der Waals surface area (Å²) in [5, 5.41) is 0. The summed E-state index contributed by atoms with van der Waals surface area (Å²) in [4.78, 5) is 18.4. The lowest BCUT2D eigenvalue weighted by molar-refractivity contribution is 0.0753. The van der Waals surface area contributed by atoms with Gasteiger partial charge in [-0.3, -0.25) is 9.78 Å². The maximum absolute atomic E-state index is 12.7. The van der Waals surface area contributed by atoms with Gasteiger partial charge in [-0.05, 0) is 43.2 Å². The zero-order valence-corrected chi connectivity index (χ0v) is 11.8. The van der Waals surface area contributed by atoms with Gasteiger partial charge in [0.15, 0.2) is 0 Å². The third-order valence-electron chi connectivity index (χ3n) is 3.31.